The summed E-state index contributed by atoms with van der Waals surface area (Å²) in [4.78, 5) is 37.1. The summed E-state index contributed by atoms with van der Waals surface area (Å²) in [7, 11) is 3.32. The molecule has 0 atom stereocenters. The topological polar surface area (TPSA) is 94.2 Å². The summed E-state index contributed by atoms with van der Waals surface area (Å²) in [6.45, 7) is 2.07. The summed E-state index contributed by atoms with van der Waals surface area (Å²) in [5.74, 6) is -0.0105. The van der Waals surface area contributed by atoms with Gasteiger partial charge in [0.1, 0.15) is 0 Å². The normalized spacial score (nSPS) is 10.1. The molecule has 0 fully saturated rings. The molecule has 1 N–H and O–H groups in total. The van der Waals surface area contributed by atoms with Gasteiger partial charge in [-0.25, -0.2) is 0 Å². The molecule has 0 aliphatic carbocycles. The van der Waals surface area contributed by atoms with Gasteiger partial charge in [-0.15, -0.1) is 0 Å². The van der Waals surface area contributed by atoms with Crippen molar-refractivity contribution in [2.45, 2.75) is 13.3 Å². The van der Waals surface area contributed by atoms with E-state index in [1.807, 2.05) is 19.1 Å². The maximum Gasteiger partial charge on any atom is 0.309 e. The van der Waals surface area contributed by atoms with Gasteiger partial charge in [0.05, 0.1) is 19.6 Å². The quantitative estimate of drug-likeness (QED) is 0.601. The molecule has 160 valence electrons. The second-order valence-corrected chi connectivity index (χ2v) is 6.46. The number of amides is 2. The Labute approximate surface area is 175 Å². The third-order valence-corrected chi connectivity index (χ3v) is 3.90. The van der Waals surface area contributed by atoms with E-state index in [2.05, 4.69) is 5.32 Å². The minimum absolute atomic E-state index is 0.00488. The van der Waals surface area contributed by atoms with Crippen molar-refractivity contribution in [1.82, 2.24) is 4.90 Å². The molecule has 0 bridgehead atoms. The average molecular weight is 414 g/mol. The zero-order valence-electron chi connectivity index (χ0n) is 17.3. The van der Waals surface area contributed by atoms with Crippen LogP contribution in [0.3, 0.4) is 0 Å². The van der Waals surface area contributed by atoms with Crippen LogP contribution < -0.4 is 14.8 Å². The molecule has 2 rings (SSSR count). The molecule has 2 amide bonds. The monoisotopic (exact) mass is 414 g/mol. The maximum absolute atomic E-state index is 11.9. The zero-order chi connectivity index (χ0) is 21.9. The first-order valence-electron chi connectivity index (χ1n) is 9.52. The molecule has 2 aromatic carbocycles. The van der Waals surface area contributed by atoms with Crippen molar-refractivity contribution in [2.75, 3.05) is 39.2 Å². The van der Waals surface area contributed by atoms with E-state index in [0.717, 1.165) is 0 Å². The van der Waals surface area contributed by atoms with E-state index in [0.29, 0.717) is 29.4 Å². The molecule has 0 heterocycles. The van der Waals surface area contributed by atoms with E-state index in [1.165, 1.54) is 4.90 Å². The number of rotatable bonds is 10. The lowest BCUT2D eigenvalue weighted by Gasteiger charge is -2.12. The van der Waals surface area contributed by atoms with Crippen molar-refractivity contribution in [3.63, 3.8) is 0 Å². The number of ether oxygens (including phenoxy) is 3. The third-order valence-electron chi connectivity index (χ3n) is 3.90. The fraction of sp³-hybridized carbons (Fsp3) is 0.318. The van der Waals surface area contributed by atoms with Crippen molar-refractivity contribution in [3.05, 3.63) is 54.1 Å². The first-order chi connectivity index (χ1) is 14.4. The molecule has 0 aliphatic heterocycles. The number of carbonyl (C=O) groups is 3. The Morgan fingerprint density at radius 1 is 0.933 bits per heavy atom. The number of nitrogens with zero attached hydrogens (tertiary/aromatic N) is 1. The zero-order valence-corrected chi connectivity index (χ0v) is 17.3. The van der Waals surface area contributed by atoms with E-state index < -0.39 is 18.5 Å². The van der Waals surface area contributed by atoms with Crippen LogP contribution in [0.4, 0.5) is 5.69 Å². The van der Waals surface area contributed by atoms with E-state index in [1.54, 1.807) is 50.5 Å². The number of anilines is 1. The Balaban J connectivity index is 1.72. The summed E-state index contributed by atoms with van der Waals surface area (Å²) >= 11 is 0. The van der Waals surface area contributed by atoms with Crippen LogP contribution >= 0.6 is 0 Å². The smallest absolute Gasteiger partial charge is 0.309 e. The van der Waals surface area contributed by atoms with Crippen LogP contribution in [0.5, 0.6) is 11.5 Å². The molecule has 30 heavy (non-hydrogen) atoms. The van der Waals surface area contributed by atoms with Crippen LogP contribution in [0.2, 0.25) is 0 Å². The van der Waals surface area contributed by atoms with Gasteiger partial charge in [0.15, 0.2) is 18.1 Å². The van der Waals surface area contributed by atoms with Crippen molar-refractivity contribution < 1.29 is 28.6 Å². The molecule has 0 radical (unpaired) electrons. The van der Waals surface area contributed by atoms with Crippen LogP contribution in [0.1, 0.15) is 23.7 Å². The number of carbonyl (C=O) groups excluding carboxylic acids is 3. The molecular formula is C22H26N2O6. The number of hydrogen-bond acceptors (Lipinski definition) is 6. The number of benzene rings is 2. The van der Waals surface area contributed by atoms with E-state index >= 15 is 0 Å². The van der Waals surface area contributed by atoms with Gasteiger partial charge in [-0.1, -0.05) is 12.1 Å². The summed E-state index contributed by atoms with van der Waals surface area (Å²) in [6.07, 6.45) is -0.00488. The number of nitrogens with one attached hydrogen (secondary N) is 1. The Hall–Kier alpha value is -3.55. The maximum atomic E-state index is 11.9. The molecule has 2 aromatic rings. The van der Waals surface area contributed by atoms with E-state index in [-0.39, 0.29) is 18.9 Å². The van der Waals surface area contributed by atoms with Crippen LogP contribution in [0.15, 0.2) is 48.5 Å². The van der Waals surface area contributed by atoms with Crippen LogP contribution in [0, 0.1) is 0 Å². The molecule has 0 aliphatic rings. The van der Waals surface area contributed by atoms with Gasteiger partial charge in [-0.05, 0) is 43.3 Å². The first kappa shape index (κ1) is 22.7. The fourth-order valence-electron chi connectivity index (χ4n) is 2.46. The highest BCUT2D eigenvalue weighted by Crippen LogP contribution is 2.26. The van der Waals surface area contributed by atoms with Crippen LogP contribution in [0.25, 0.3) is 0 Å². The van der Waals surface area contributed by atoms with Gasteiger partial charge in [0.25, 0.3) is 11.8 Å². The minimum atomic E-state index is -0.550. The van der Waals surface area contributed by atoms with Crippen molar-refractivity contribution in [1.29, 1.82) is 0 Å². The predicted octanol–water partition coefficient (Wildman–Crippen LogP) is 2.74. The number of esters is 1. The molecule has 0 spiro atoms. The summed E-state index contributed by atoms with van der Waals surface area (Å²) in [5.41, 5.74) is 1.01. The van der Waals surface area contributed by atoms with Crippen LogP contribution in [-0.4, -0.2) is 56.6 Å². The lowest BCUT2D eigenvalue weighted by Crippen LogP contribution is -2.22. The summed E-state index contributed by atoms with van der Waals surface area (Å²) in [6, 6.07) is 13.6. The van der Waals surface area contributed by atoms with Gasteiger partial charge in [0, 0.05) is 25.3 Å². The lowest BCUT2D eigenvalue weighted by atomic mass is 10.2. The molecule has 0 saturated carbocycles. The van der Waals surface area contributed by atoms with Gasteiger partial charge in [-0.2, -0.15) is 0 Å². The molecule has 8 heteroatoms. The number of hydrogen-bond donors (Lipinski definition) is 1. The summed E-state index contributed by atoms with van der Waals surface area (Å²) < 4.78 is 16.0. The molecule has 0 unspecified atom stereocenters. The van der Waals surface area contributed by atoms with Crippen molar-refractivity contribution in [2.24, 2.45) is 0 Å². The van der Waals surface area contributed by atoms with Gasteiger partial charge in [0.2, 0.25) is 0 Å². The Kier molecular flexibility index (Phi) is 8.68. The lowest BCUT2D eigenvalue weighted by molar-refractivity contribution is -0.147. The summed E-state index contributed by atoms with van der Waals surface area (Å²) in [5, 5.41) is 2.61. The largest absolute Gasteiger partial charge is 0.490 e. The third kappa shape index (κ3) is 7.12. The Bertz CT molecular complexity index is 864. The molecule has 0 aromatic heterocycles. The Morgan fingerprint density at radius 3 is 2.17 bits per heavy atom. The highest BCUT2D eigenvalue weighted by molar-refractivity contribution is 5.96. The highest BCUT2D eigenvalue weighted by atomic mass is 16.5. The van der Waals surface area contributed by atoms with Crippen LogP contribution in [-0.2, 0) is 14.3 Å². The highest BCUT2D eigenvalue weighted by Gasteiger charge is 2.11. The van der Waals surface area contributed by atoms with E-state index in [9.17, 15) is 14.4 Å². The van der Waals surface area contributed by atoms with Crippen molar-refractivity contribution >= 4 is 23.5 Å². The van der Waals surface area contributed by atoms with Gasteiger partial charge >= 0.3 is 5.97 Å². The van der Waals surface area contributed by atoms with E-state index in [4.69, 9.17) is 14.2 Å². The molecule has 0 saturated heterocycles. The second kappa shape index (κ2) is 11.5. The molecular weight excluding hydrogens is 388 g/mol. The Morgan fingerprint density at radius 2 is 1.57 bits per heavy atom. The van der Waals surface area contributed by atoms with Crippen molar-refractivity contribution in [3.8, 4) is 11.5 Å². The number of para-hydroxylation sites is 2. The second-order valence-electron chi connectivity index (χ2n) is 6.46. The SMILES string of the molecule is CCOc1ccccc1OCCC(=O)OCC(=O)Nc1ccc(C(=O)N(C)C)cc1. The minimum Gasteiger partial charge on any atom is -0.490 e. The fourth-order valence-corrected chi connectivity index (χ4v) is 2.46. The van der Waals surface area contributed by atoms with Gasteiger partial charge in [-0.3, -0.25) is 14.4 Å². The first-order valence-corrected chi connectivity index (χ1v) is 9.52. The predicted molar refractivity (Wildman–Crippen MR) is 112 cm³/mol. The van der Waals surface area contributed by atoms with Gasteiger partial charge < -0.3 is 24.4 Å². The average Bonchev–Trinajstić information content (AvgIpc) is 2.73. The molecule has 8 nitrogen and oxygen atoms in total. The standard InChI is InChI=1S/C22H26N2O6/c1-4-28-18-7-5-6-8-19(18)29-14-13-21(26)30-15-20(25)23-17-11-9-16(10-12-17)22(27)24(2)3/h5-12H,4,13-15H2,1-3H3,(H,23,25).